The summed E-state index contributed by atoms with van der Waals surface area (Å²) < 4.78 is 43.6. The first-order valence-corrected chi connectivity index (χ1v) is 10.4. The van der Waals surface area contributed by atoms with Gasteiger partial charge in [-0.05, 0) is 48.5 Å². The van der Waals surface area contributed by atoms with Crippen molar-refractivity contribution in [2.75, 3.05) is 25.6 Å². The molecule has 156 valence electrons. The van der Waals surface area contributed by atoms with Crippen LogP contribution in [-0.2, 0) is 10.0 Å². The SMILES string of the molecule is COc1ccc(N(C(=O)c2ccccc2)S(=O)(=O)c2ccc(OC)cc2OC)cc1. The fourth-order valence-electron chi connectivity index (χ4n) is 2.87. The van der Waals surface area contributed by atoms with E-state index in [0.717, 1.165) is 4.31 Å². The summed E-state index contributed by atoms with van der Waals surface area (Å²) >= 11 is 0. The van der Waals surface area contributed by atoms with E-state index in [1.54, 1.807) is 42.5 Å². The normalized spacial score (nSPS) is 10.9. The van der Waals surface area contributed by atoms with Crippen LogP contribution in [-0.4, -0.2) is 35.7 Å². The summed E-state index contributed by atoms with van der Waals surface area (Å²) in [5.41, 5.74) is 0.395. The number of carbonyl (C=O) groups is 1. The Labute approximate surface area is 175 Å². The number of methoxy groups -OCH3 is 3. The summed E-state index contributed by atoms with van der Waals surface area (Å²) in [6, 6.07) is 18.7. The predicted octanol–water partition coefficient (Wildman–Crippen LogP) is 3.75. The van der Waals surface area contributed by atoms with Crippen molar-refractivity contribution in [2.45, 2.75) is 4.90 Å². The molecule has 3 rings (SSSR count). The number of hydrogen-bond acceptors (Lipinski definition) is 6. The van der Waals surface area contributed by atoms with E-state index in [2.05, 4.69) is 0 Å². The van der Waals surface area contributed by atoms with Crippen molar-refractivity contribution >= 4 is 21.6 Å². The fraction of sp³-hybridized carbons (Fsp3) is 0.136. The first-order valence-electron chi connectivity index (χ1n) is 8.93. The van der Waals surface area contributed by atoms with Crippen LogP contribution >= 0.6 is 0 Å². The van der Waals surface area contributed by atoms with E-state index in [1.807, 2.05) is 0 Å². The molecule has 8 heteroatoms. The van der Waals surface area contributed by atoms with Crippen molar-refractivity contribution in [3.05, 3.63) is 78.4 Å². The molecule has 3 aromatic carbocycles. The molecule has 0 bridgehead atoms. The summed E-state index contributed by atoms with van der Waals surface area (Å²) in [7, 11) is -0.00999. The maximum Gasteiger partial charge on any atom is 0.274 e. The Morgan fingerprint density at radius 3 is 1.93 bits per heavy atom. The molecule has 7 nitrogen and oxygen atoms in total. The maximum atomic E-state index is 13.6. The Morgan fingerprint density at radius 1 is 0.767 bits per heavy atom. The van der Waals surface area contributed by atoms with Gasteiger partial charge < -0.3 is 14.2 Å². The van der Waals surface area contributed by atoms with Crippen LogP contribution in [0.2, 0.25) is 0 Å². The van der Waals surface area contributed by atoms with Crippen molar-refractivity contribution in [3.8, 4) is 17.2 Å². The molecular weight excluding hydrogens is 406 g/mol. The number of anilines is 1. The highest BCUT2D eigenvalue weighted by Gasteiger charge is 2.34. The summed E-state index contributed by atoms with van der Waals surface area (Å²) in [6.45, 7) is 0. The summed E-state index contributed by atoms with van der Waals surface area (Å²) in [4.78, 5) is 13.1. The molecule has 0 spiro atoms. The summed E-state index contributed by atoms with van der Waals surface area (Å²) in [6.07, 6.45) is 0. The van der Waals surface area contributed by atoms with Gasteiger partial charge in [0, 0.05) is 11.6 Å². The van der Waals surface area contributed by atoms with Gasteiger partial charge in [-0.25, -0.2) is 8.42 Å². The van der Waals surface area contributed by atoms with Crippen LogP contribution in [0.1, 0.15) is 10.4 Å². The van der Waals surface area contributed by atoms with Gasteiger partial charge in [0.1, 0.15) is 22.1 Å². The average Bonchev–Trinajstić information content (AvgIpc) is 2.79. The molecule has 0 fully saturated rings. The third-order valence-electron chi connectivity index (χ3n) is 4.40. The minimum absolute atomic E-state index is 0.0636. The zero-order chi connectivity index (χ0) is 21.7. The van der Waals surface area contributed by atoms with Gasteiger partial charge in [0.25, 0.3) is 15.9 Å². The van der Waals surface area contributed by atoms with E-state index in [4.69, 9.17) is 14.2 Å². The second-order valence-corrected chi connectivity index (χ2v) is 7.91. The first kappa shape index (κ1) is 21.2. The molecule has 1 amide bonds. The Hall–Kier alpha value is -3.52. The number of sulfonamides is 1. The number of rotatable bonds is 7. The van der Waals surface area contributed by atoms with E-state index in [-0.39, 0.29) is 21.9 Å². The van der Waals surface area contributed by atoms with Crippen molar-refractivity contribution in [3.63, 3.8) is 0 Å². The molecular formula is C22H21NO6S. The predicted molar refractivity (Wildman–Crippen MR) is 113 cm³/mol. The third-order valence-corrected chi connectivity index (χ3v) is 6.15. The van der Waals surface area contributed by atoms with E-state index in [9.17, 15) is 13.2 Å². The molecule has 0 aliphatic carbocycles. The number of benzene rings is 3. The molecule has 0 saturated carbocycles. The lowest BCUT2D eigenvalue weighted by Gasteiger charge is -2.24. The highest BCUT2D eigenvalue weighted by molar-refractivity contribution is 7.93. The molecule has 0 heterocycles. The first-order chi connectivity index (χ1) is 14.4. The van der Waals surface area contributed by atoms with Crippen molar-refractivity contribution in [1.82, 2.24) is 0 Å². The number of nitrogens with zero attached hydrogens (tertiary/aromatic N) is 1. The van der Waals surface area contributed by atoms with Gasteiger partial charge in [0.2, 0.25) is 0 Å². The van der Waals surface area contributed by atoms with Gasteiger partial charge in [0.05, 0.1) is 27.0 Å². The summed E-state index contributed by atoms with van der Waals surface area (Å²) in [5.74, 6) is 0.328. The molecule has 3 aromatic rings. The van der Waals surface area contributed by atoms with Crippen molar-refractivity contribution in [1.29, 1.82) is 0 Å². The minimum atomic E-state index is -4.33. The molecule has 0 radical (unpaired) electrons. The maximum absolute atomic E-state index is 13.6. The largest absolute Gasteiger partial charge is 0.497 e. The highest BCUT2D eigenvalue weighted by Crippen LogP contribution is 2.34. The van der Waals surface area contributed by atoms with E-state index < -0.39 is 15.9 Å². The topological polar surface area (TPSA) is 82.1 Å². The molecule has 0 N–H and O–H groups in total. The molecule has 0 saturated heterocycles. The lowest BCUT2D eigenvalue weighted by atomic mass is 10.2. The van der Waals surface area contributed by atoms with Crippen LogP contribution in [0.4, 0.5) is 5.69 Å². The molecule has 0 aliphatic heterocycles. The molecule has 0 aromatic heterocycles. The van der Waals surface area contributed by atoms with Gasteiger partial charge >= 0.3 is 0 Å². The lowest BCUT2D eigenvalue weighted by molar-refractivity contribution is 0.101. The van der Waals surface area contributed by atoms with E-state index in [0.29, 0.717) is 11.5 Å². The Kier molecular flexibility index (Phi) is 6.27. The van der Waals surface area contributed by atoms with Crippen LogP contribution in [0.25, 0.3) is 0 Å². The Bertz CT molecular complexity index is 1130. The molecule has 0 unspecified atom stereocenters. The number of amides is 1. The third kappa shape index (κ3) is 4.08. The zero-order valence-electron chi connectivity index (χ0n) is 16.7. The summed E-state index contributed by atoms with van der Waals surface area (Å²) in [5, 5.41) is 0. The molecule has 0 aliphatic rings. The van der Waals surface area contributed by atoms with Crippen molar-refractivity contribution < 1.29 is 27.4 Å². The van der Waals surface area contributed by atoms with Crippen LogP contribution in [0.5, 0.6) is 17.2 Å². The Balaban J connectivity index is 2.19. The fourth-order valence-corrected chi connectivity index (χ4v) is 4.42. The zero-order valence-corrected chi connectivity index (χ0v) is 17.5. The smallest absolute Gasteiger partial charge is 0.274 e. The lowest BCUT2D eigenvalue weighted by Crippen LogP contribution is -2.37. The number of ether oxygens (including phenoxy) is 3. The van der Waals surface area contributed by atoms with E-state index >= 15 is 0 Å². The van der Waals surface area contributed by atoms with Crippen LogP contribution in [0.3, 0.4) is 0 Å². The minimum Gasteiger partial charge on any atom is -0.497 e. The average molecular weight is 427 g/mol. The van der Waals surface area contributed by atoms with Crippen LogP contribution < -0.4 is 18.5 Å². The van der Waals surface area contributed by atoms with E-state index in [1.165, 1.54) is 51.7 Å². The quantitative estimate of drug-likeness (QED) is 0.571. The van der Waals surface area contributed by atoms with Crippen LogP contribution in [0, 0.1) is 0 Å². The van der Waals surface area contributed by atoms with Gasteiger partial charge in [-0.3, -0.25) is 4.79 Å². The van der Waals surface area contributed by atoms with Gasteiger partial charge in [-0.2, -0.15) is 4.31 Å². The monoisotopic (exact) mass is 427 g/mol. The van der Waals surface area contributed by atoms with Crippen molar-refractivity contribution in [2.24, 2.45) is 0 Å². The molecule has 30 heavy (non-hydrogen) atoms. The number of hydrogen-bond donors (Lipinski definition) is 0. The Morgan fingerprint density at radius 2 is 1.37 bits per heavy atom. The van der Waals surface area contributed by atoms with Gasteiger partial charge in [-0.1, -0.05) is 18.2 Å². The standard InChI is InChI=1S/C22H21NO6S/c1-27-18-11-9-17(10-12-18)23(22(24)16-7-5-4-6-8-16)30(25,26)21-14-13-19(28-2)15-20(21)29-3/h4-15H,1-3H3. The highest BCUT2D eigenvalue weighted by atomic mass is 32.2. The number of carbonyl (C=O) groups excluding carboxylic acids is 1. The van der Waals surface area contributed by atoms with Crippen LogP contribution in [0.15, 0.2) is 77.7 Å². The second-order valence-electron chi connectivity index (χ2n) is 6.16. The van der Waals surface area contributed by atoms with Gasteiger partial charge in [-0.15, -0.1) is 0 Å². The van der Waals surface area contributed by atoms with Gasteiger partial charge in [0.15, 0.2) is 0 Å². The molecule has 0 atom stereocenters. The second kappa shape index (κ2) is 8.87.